The number of piperidine rings is 1. The molecule has 6 heteroatoms. The van der Waals surface area contributed by atoms with Crippen LogP contribution in [0.5, 0.6) is 0 Å². The fourth-order valence-electron chi connectivity index (χ4n) is 3.93. The van der Waals surface area contributed by atoms with Gasteiger partial charge in [0, 0.05) is 29.4 Å². The summed E-state index contributed by atoms with van der Waals surface area (Å²) in [5, 5.41) is 0.658. The number of hydrogen-bond donors (Lipinski definition) is 0. The molecule has 0 N–H and O–H groups in total. The SMILES string of the molecule is Cc1ccccc1C(=O)N1CCC2(CC1)SCC(=O)N2c1ccc(Cl)cc1. The molecular weight excluding hydrogens is 380 g/mol. The van der Waals surface area contributed by atoms with Crippen LogP contribution in [0, 0.1) is 6.92 Å². The Labute approximate surface area is 168 Å². The molecule has 2 fully saturated rings. The Morgan fingerprint density at radius 1 is 1.07 bits per heavy atom. The fourth-order valence-corrected chi connectivity index (χ4v) is 5.39. The second-order valence-electron chi connectivity index (χ2n) is 7.05. The van der Waals surface area contributed by atoms with Crippen LogP contribution in [-0.4, -0.2) is 40.4 Å². The maximum absolute atomic E-state index is 12.9. The van der Waals surface area contributed by atoms with Gasteiger partial charge in [-0.25, -0.2) is 0 Å². The summed E-state index contributed by atoms with van der Waals surface area (Å²) in [5.41, 5.74) is 2.64. The highest BCUT2D eigenvalue weighted by Crippen LogP contribution is 2.47. The zero-order valence-electron chi connectivity index (χ0n) is 15.2. The maximum atomic E-state index is 12.9. The van der Waals surface area contributed by atoms with Crippen LogP contribution in [0.4, 0.5) is 5.69 Å². The second-order valence-corrected chi connectivity index (χ2v) is 8.82. The first kappa shape index (κ1) is 18.4. The molecule has 2 amide bonds. The third-order valence-corrected chi connectivity index (χ3v) is 7.18. The number of nitrogens with zero attached hydrogens (tertiary/aromatic N) is 2. The normalized spacial score (nSPS) is 19.0. The zero-order valence-corrected chi connectivity index (χ0v) is 16.7. The van der Waals surface area contributed by atoms with Gasteiger partial charge in [-0.05, 0) is 55.7 Å². The van der Waals surface area contributed by atoms with Crippen LogP contribution in [-0.2, 0) is 4.79 Å². The summed E-state index contributed by atoms with van der Waals surface area (Å²) in [7, 11) is 0. The molecule has 2 aliphatic rings. The fraction of sp³-hybridized carbons (Fsp3) is 0.333. The summed E-state index contributed by atoms with van der Waals surface area (Å²) < 4.78 is 0. The van der Waals surface area contributed by atoms with Gasteiger partial charge in [0.05, 0.1) is 10.6 Å². The minimum Gasteiger partial charge on any atom is -0.338 e. The van der Waals surface area contributed by atoms with Crippen LogP contribution in [0.25, 0.3) is 0 Å². The molecular formula is C21H21ClN2O2S. The smallest absolute Gasteiger partial charge is 0.254 e. The van der Waals surface area contributed by atoms with E-state index in [1.807, 2.05) is 65.3 Å². The average Bonchev–Trinajstić information content (AvgIpc) is 2.99. The van der Waals surface area contributed by atoms with E-state index in [2.05, 4.69) is 0 Å². The molecule has 140 valence electrons. The van der Waals surface area contributed by atoms with Crippen LogP contribution < -0.4 is 4.90 Å². The van der Waals surface area contributed by atoms with Crippen molar-refractivity contribution in [3.05, 3.63) is 64.7 Å². The second kappa shape index (κ2) is 7.21. The maximum Gasteiger partial charge on any atom is 0.254 e. The number of rotatable bonds is 2. The molecule has 27 heavy (non-hydrogen) atoms. The molecule has 4 rings (SSSR count). The van der Waals surface area contributed by atoms with E-state index in [-0.39, 0.29) is 16.7 Å². The minimum atomic E-state index is -0.270. The van der Waals surface area contributed by atoms with Crippen molar-refractivity contribution >= 4 is 40.9 Å². The highest BCUT2D eigenvalue weighted by Gasteiger charge is 2.49. The summed E-state index contributed by atoms with van der Waals surface area (Å²) in [6, 6.07) is 15.1. The molecule has 1 spiro atoms. The number of amides is 2. The molecule has 2 saturated heterocycles. The number of aryl methyl sites for hydroxylation is 1. The lowest BCUT2D eigenvalue weighted by molar-refractivity contribution is -0.116. The minimum absolute atomic E-state index is 0.0790. The Kier molecular flexibility index (Phi) is 4.91. The van der Waals surface area contributed by atoms with Crippen molar-refractivity contribution in [3.63, 3.8) is 0 Å². The van der Waals surface area contributed by atoms with Gasteiger partial charge in [0.1, 0.15) is 0 Å². The van der Waals surface area contributed by atoms with Gasteiger partial charge in [-0.2, -0.15) is 0 Å². The molecule has 0 bridgehead atoms. The Balaban J connectivity index is 1.53. The number of hydrogen-bond acceptors (Lipinski definition) is 3. The van der Waals surface area contributed by atoms with Crippen LogP contribution in [0.15, 0.2) is 48.5 Å². The van der Waals surface area contributed by atoms with Gasteiger partial charge in [0.25, 0.3) is 5.91 Å². The van der Waals surface area contributed by atoms with Crippen molar-refractivity contribution in [1.82, 2.24) is 4.90 Å². The van der Waals surface area contributed by atoms with E-state index in [0.717, 1.165) is 29.7 Å². The van der Waals surface area contributed by atoms with Gasteiger partial charge in [0.15, 0.2) is 0 Å². The van der Waals surface area contributed by atoms with Crippen LogP contribution in [0.2, 0.25) is 5.02 Å². The van der Waals surface area contributed by atoms with Gasteiger partial charge in [0.2, 0.25) is 5.91 Å². The first-order chi connectivity index (χ1) is 13.0. The van der Waals surface area contributed by atoms with Crippen LogP contribution >= 0.6 is 23.4 Å². The van der Waals surface area contributed by atoms with E-state index < -0.39 is 0 Å². The third kappa shape index (κ3) is 3.34. The standard InChI is InChI=1S/C21H21ClN2O2S/c1-15-4-2-3-5-18(15)20(26)23-12-10-21(11-13-23)24(19(25)14-27-21)17-8-6-16(22)7-9-17/h2-9H,10-14H2,1H3. The van der Waals surface area contributed by atoms with Crippen molar-refractivity contribution in [2.24, 2.45) is 0 Å². The van der Waals surface area contributed by atoms with Crippen molar-refractivity contribution in [2.75, 3.05) is 23.7 Å². The molecule has 2 aliphatic heterocycles. The van der Waals surface area contributed by atoms with E-state index >= 15 is 0 Å². The Hall–Kier alpha value is -1.98. The van der Waals surface area contributed by atoms with Gasteiger partial charge in [-0.1, -0.05) is 29.8 Å². The Bertz CT molecular complexity index is 876. The highest BCUT2D eigenvalue weighted by atomic mass is 35.5. The summed E-state index contributed by atoms with van der Waals surface area (Å²) in [6.45, 7) is 3.27. The lowest BCUT2D eigenvalue weighted by Crippen LogP contribution is -2.53. The quantitative estimate of drug-likeness (QED) is 0.751. The van der Waals surface area contributed by atoms with Crippen molar-refractivity contribution in [3.8, 4) is 0 Å². The predicted octanol–water partition coefficient (Wildman–Crippen LogP) is 4.36. The zero-order chi connectivity index (χ0) is 19.0. The van der Waals surface area contributed by atoms with Crippen molar-refractivity contribution in [2.45, 2.75) is 24.6 Å². The number of carbonyl (C=O) groups excluding carboxylic acids is 2. The summed E-state index contributed by atoms with van der Waals surface area (Å²) in [4.78, 5) is 29.1. The molecule has 2 aromatic rings. The number of anilines is 1. The average molecular weight is 401 g/mol. The van der Waals surface area contributed by atoms with E-state index in [1.54, 1.807) is 11.8 Å². The largest absolute Gasteiger partial charge is 0.338 e. The lowest BCUT2D eigenvalue weighted by Gasteiger charge is -2.44. The van der Waals surface area contributed by atoms with Crippen LogP contribution in [0.3, 0.4) is 0 Å². The number of thioether (sulfide) groups is 1. The first-order valence-electron chi connectivity index (χ1n) is 9.08. The lowest BCUT2D eigenvalue weighted by atomic mass is 9.99. The molecule has 4 nitrogen and oxygen atoms in total. The van der Waals surface area contributed by atoms with E-state index in [4.69, 9.17) is 11.6 Å². The molecule has 0 radical (unpaired) electrons. The first-order valence-corrected chi connectivity index (χ1v) is 10.4. The molecule has 0 aliphatic carbocycles. The Morgan fingerprint density at radius 2 is 1.74 bits per heavy atom. The summed E-state index contributed by atoms with van der Waals surface area (Å²) in [5.74, 6) is 0.685. The predicted molar refractivity (Wildman–Crippen MR) is 110 cm³/mol. The number of likely N-dealkylation sites (tertiary alicyclic amines) is 1. The van der Waals surface area contributed by atoms with Gasteiger partial charge in [-0.15, -0.1) is 11.8 Å². The Morgan fingerprint density at radius 3 is 2.41 bits per heavy atom. The summed E-state index contributed by atoms with van der Waals surface area (Å²) >= 11 is 7.70. The van der Waals surface area contributed by atoms with Crippen LogP contribution in [0.1, 0.15) is 28.8 Å². The van der Waals surface area contributed by atoms with Crippen molar-refractivity contribution in [1.29, 1.82) is 0 Å². The molecule has 2 aromatic carbocycles. The van der Waals surface area contributed by atoms with Gasteiger partial charge >= 0.3 is 0 Å². The topological polar surface area (TPSA) is 40.6 Å². The third-order valence-electron chi connectivity index (χ3n) is 5.41. The molecule has 2 heterocycles. The van der Waals surface area contributed by atoms with E-state index in [9.17, 15) is 9.59 Å². The van der Waals surface area contributed by atoms with Gasteiger partial charge in [-0.3, -0.25) is 14.5 Å². The van der Waals surface area contributed by atoms with Gasteiger partial charge < -0.3 is 4.90 Å². The highest BCUT2D eigenvalue weighted by molar-refractivity contribution is 8.02. The van der Waals surface area contributed by atoms with Crippen molar-refractivity contribution < 1.29 is 9.59 Å². The van der Waals surface area contributed by atoms with E-state index in [0.29, 0.717) is 23.9 Å². The number of halogens is 1. The number of carbonyl (C=O) groups is 2. The molecule has 0 atom stereocenters. The summed E-state index contributed by atoms with van der Waals surface area (Å²) in [6.07, 6.45) is 1.54. The number of benzene rings is 2. The monoisotopic (exact) mass is 400 g/mol. The molecule has 0 saturated carbocycles. The molecule has 0 unspecified atom stereocenters. The molecule has 0 aromatic heterocycles. The van der Waals surface area contributed by atoms with E-state index in [1.165, 1.54) is 0 Å².